The Hall–Kier alpha value is -0.550. The highest BCUT2D eigenvalue weighted by atomic mass is 32.2. The van der Waals surface area contributed by atoms with Crippen LogP contribution in [0.2, 0.25) is 0 Å². The number of hydrogen-bond acceptors (Lipinski definition) is 4. The summed E-state index contributed by atoms with van der Waals surface area (Å²) >= 11 is 1.57. The first-order valence-corrected chi connectivity index (χ1v) is 7.98. The second-order valence-electron chi connectivity index (χ2n) is 6.61. The summed E-state index contributed by atoms with van der Waals surface area (Å²) in [5.41, 5.74) is 0. The first kappa shape index (κ1) is 13.4. The third kappa shape index (κ3) is 2.11. The summed E-state index contributed by atoms with van der Waals surface area (Å²) in [4.78, 5) is 16.8. The van der Waals surface area contributed by atoms with Crippen molar-refractivity contribution in [3.8, 4) is 0 Å². The van der Waals surface area contributed by atoms with Gasteiger partial charge in [0.1, 0.15) is 4.75 Å². The summed E-state index contributed by atoms with van der Waals surface area (Å²) in [6.45, 7) is 6.14. The molecule has 0 spiro atoms. The zero-order valence-electron chi connectivity index (χ0n) is 11.7. The third-order valence-electron chi connectivity index (χ3n) is 5.15. The average Bonchev–Trinajstić information content (AvgIpc) is 2.94. The monoisotopic (exact) mass is 284 g/mol. The maximum Gasteiger partial charge on any atom is 0.242 e. The van der Waals surface area contributed by atoms with Crippen molar-refractivity contribution in [3.63, 3.8) is 0 Å². The molecule has 1 aliphatic heterocycles. The summed E-state index contributed by atoms with van der Waals surface area (Å²) in [6.07, 6.45) is 2.84. The van der Waals surface area contributed by atoms with Gasteiger partial charge >= 0.3 is 0 Å². The van der Waals surface area contributed by atoms with Crippen molar-refractivity contribution < 1.29 is 9.90 Å². The second kappa shape index (κ2) is 4.48. The van der Waals surface area contributed by atoms with E-state index in [4.69, 9.17) is 4.99 Å². The quantitative estimate of drug-likeness (QED) is 0.812. The minimum absolute atomic E-state index is 0.0782. The SMILES string of the molecule is CC(C)[C@]1([14CH3])SC(=N[C@H]2C[C@H]3C[C@@H]2C[C@@H]3O)NC1=O. The van der Waals surface area contributed by atoms with E-state index < -0.39 is 4.75 Å². The van der Waals surface area contributed by atoms with Gasteiger partial charge in [0, 0.05) is 0 Å². The zero-order valence-corrected chi connectivity index (χ0v) is 12.5. The molecule has 1 saturated heterocycles. The number of fused-ring (bicyclic) bond motifs is 2. The molecule has 0 radical (unpaired) electrons. The van der Waals surface area contributed by atoms with Crippen LogP contribution < -0.4 is 5.32 Å². The Morgan fingerprint density at radius 2 is 2.16 bits per heavy atom. The summed E-state index contributed by atoms with van der Waals surface area (Å²) in [5.74, 6) is 1.30. The molecule has 3 fully saturated rings. The highest BCUT2D eigenvalue weighted by Crippen LogP contribution is 2.47. The number of nitrogens with zero attached hydrogens (tertiary/aromatic N) is 1. The van der Waals surface area contributed by atoms with Crippen LogP contribution >= 0.6 is 11.8 Å². The van der Waals surface area contributed by atoms with Gasteiger partial charge in [-0.2, -0.15) is 0 Å². The predicted octanol–water partition coefficient (Wildman–Crippen LogP) is 1.78. The largest absolute Gasteiger partial charge is 0.393 e. The van der Waals surface area contributed by atoms with Crippen molar-refractivity contribution in [1.29, 1.82) is 0 Å². The molecule has 1 amide bonds. The van der Waals surface area contributed by atoms with E-state index in [2.05, 4.69) is 19.2 Å². The van der Waals surface area contributed by atoms with E-state index in [0.717, 1.165) is 24.4 Å². The maximum atomic E-state index is 12.1. The van der Waals surface area contributed by atoms with E-state index in [1.807, 2.05) is 6.92 Å². The zero-order chi connectivity index (χ0) is 13.8. The number of nitrogens with one attached hydrogen (secondary N) is 1. The lowest BCUT2D eigenvalue weighted by atomic mass is 9.94. The van der Waals surface area contributed by atoms with Crippen molar-refractivity contribution in [3.05, 3.63) is 0 Å². The summed E-state index contributed by atoms with van der Waals surface area (Å²) in [6, 6.07) is 0.297. The number of aliphatic hydroxyl groups is 1. The molecule has 2 saturated carbocycles. The normalized spacial score (nSPS) is 47.4. The molecular formula is C14H22N2O2S. The highest BCUT2D eigenvalue weighted by Gasteiger charge is 2.48. The molecule has 0 unspecified atom stereocenters. The number of rotatable bonds is 2. The van der Waals surface area contributed by atoms with Crippen LogP contribution in [0, 0.1) is 17.8 Å². The van der Waals surface area contributed by atoms with Crippen LogP contribution in [0.15, 0.2) is 4.99 Å². The van der Waals surface area contributed by atoms with E-state index >= 15 is 0 Å². The van der Waals surface area contributed by atoms with Crippen molar-refractivity contribution in [2.45, 2.75) is 56.9 Å². The first-order valence-electron chi connectivity index (χ1n) is 7.16. The molecular weight excluding hydrogens is 262 g/mol. The minimum Gasteiger partial charge on any atom is -0.393 e. The molecule has 19 heavy (non-hydrogen) atoms. The molecule has 106 valence electrons. The molecule has 1 heterocycles. The van der Waals surface area contributed by atoms with Gasteiger partial charge in [-0.05, 0) is 43.9 Å². The minimum atomic E-state index is -0.393. The van der Waals surface area contributed by atoms with Gasteiger partial charge in [-0.1, -0.05) is 25.6 Å². The Balaban J connectivity index is 1.72. The van der Waals surface area contributed by atoms with E-state index in [1.165, 1.54) is 0 Å². The molecule has 2 N–H and O–H groups in total. The lowest BCUT2D eigenvalue weighted by Gasteiger charge is -2.23. The third-order valence-corrected chi connectivity index (χ3v) is 6.63. The van der Waals surface area contributed by atoms with Gasteiger partial charge in [0.25, 0.3) is 0 Å². The molecule has 4 nitrogen and oxygen atoms in total. The maximum absolute atomic E-state index is 12.1. The molecule has 5 heteroatoms. The van der Waals surface area contributed by atoms with Crippen LogP contribution in [0.3, 0.4) is 0 Å². The number of amidine groups is 1. The first-order chi connectivity index (χ1) is 8.90. The Labute approximate surface area is 118 Å². The van der Waals surface area contributed by atoms with Crippen LogP contribution in [0.4, 0.5) is 0 Å². The standard InChI is InChI=1S/C14H22N2O2S/c1-7(2)14(3)12(18)16-13(19-14)15-10-5-9-4-8(10)6-11(9)17/h7-11,17H,4-6H2,1-3H3,(H,15,16,18)/t8-,9-,10+,11+,14+/m1/s1/i3+2. The van der Waals surface area contributed by atoms with Crippen LogP contribution in [0.5, 0.6) is 0 Å². The van der Waals surface area contributed by atoms with E-state index in [-0.39, 0.29) is 17.9 Å². The molecule has 0 aromatic rings. The average molecular weight is 284 g/mol. The van der Waals surface area contributed by atoms with Crippen molar-refractivity contribution >= 4 is 22.8 Å². The van der Waals surface area contributed by atoms with Gasteiger partial charge in [0.05, 0.1) is 12.1 Å². The molecule has 5 atom stereocenters. The van der Waals surface area contributed by atoms with Gasteiger partial charge in [0.15, 0.2) is 5.17 Å². The number of hydrogen-bond donors (Lipinski definition) is 2. The fourth-order valence-electron chi connectivity index (χ4n) is 3.46. The topological polar surface area (TPSA) is 61.7 Å². The van der Waals surface area contributed by atoms with Gasteiger partial charge in [-0.15, -0.1) is 0 Å². The number of amides is 1. The van der Waals surface area contributed by atoms with Crippen LogP contribution in [-0.2, 0) is 4.79 Å². The fraction of sp³-hybridized carbons (Fsp3) is 0.857. The molecule has 0 aromatic carbocycles. The lowest BCUT2D eigenvalue weighted by Crippen LogP contribution is -2.38. The number of carbonyl (C=O) groups is 1. The highest BCUT2D eigenvalue weighted by molar-refractivity contribution is 8.16. The summed E-state index contributed by atoms with van der Waals surface area (Å²) < 4.78 is -0.393. The molecule has 2 aliphatic carbocycles. The van der Waals surface area contributed by atoms with Crippen molar-refractivity contribution in [1.82, 2.24) is 5.32 Å². The van der Waals surface area contributed by atoms with Crippen LogP contribution in [0.25, 0.3) is 0 Å². The lowest BCUT2D eigenvalue weighted by molar-refractivity contribution is -0.122. The molecule has 3 aliphatic rings. The smallest absolute Gasteiger partial charge is 0.242 e. The molecule has 2 bridgehead atoms. The fourth-order valence-corrected chi connectivity index (χ4v) is 4.57. The van der Waals surface area contributed by atoms with E-state index in [1.54, 1.807) is 11.8 Å². The summed E-state index contributed by atoms with van der Waals surface area (Å²) in [5, 5.41) is 13.5. The van der Waals surface area contributed by atoms with E-state index in [9.17, 15) is 9.90 Å². The summed E-state index contributed by atoms with van der Waals surface area (Å²) in [7, 11) is 0. The predicted molar refractivity (Wildman–Crippen MR) is 77.0 cm³/mol. The van der Waals surface area contributed by atoms with Crippen molar-refractivity contribution in [2.75, 3.05) is 0 Å². The number of thioether (sulfide) groups is 1. The van der Waals surface area contributed by atoms with E-state index in [0.29, 0.717) is 17.9 Å². The van der Waals surface area contributed by atoms with Crippen LogP contribution in [-0.4, -0.2) is 33.1 Å². The number of aliphatic imine (C=N–C) groups is 1. The Kier molecular flexibility index (Phi) is 3.17. The number of carbonyl (C=O) groups excluding carboxylic acids is 1. The number of aliphatic hydroxyl groups excluding tert-OH is 1. The van der Waals surface area contributed by atoms with Gasteiger partial charge in [0.2, 0.25) is 5.91 Å². The van der Waals surface area contributed by atoms with Crippen LogP contribution in [0.1, 0.15) is 40.0 Å². The van der Waals surface area contributed by atoms with Gasteiger partial charge in [-0.25, -0.2) is 0 Å². The Bertz CT molecular complexity index is 435. The Morgan fingerprint density at radius 1 is 1.42 bits per heavy atom. The Morgan fingerprint density at radius 3 is 2.63 bits per heavy atom. The molecule has 3 rings (SSSR count). The second-order valence-corrected chi connectivity index (χ2v) is 8.05. The van der Waals surface area contributed by atoms with Gasteiger partial charge < -0.3 is 10.4 Å². The van der Waals surface area contributed by atoms with Crippen molar-refractivity contribution in [2.24, 2.45) is 22.7 Å². The molecule has 0 aromatic heterocycles. The van der Waals surface area contributed by atoms with Gasteiger partial charge in [-0.3, -0.25) is 9.79 Å².